The number of hydrogen-bond acceptors (Lipinski definition) is 8. The predicted octanol–water partition coefficient (Wildman–Crippen LogP) is 4.14. The first-order chi connectivity index (χ1) is 14.6. The molecule has 0 saturated carbocycles. The van der Waals surface area contributed by atoms with Crippen molar-refractivity contribution in [3.05, 3.63) is 23.7 Å². The van der Waals surface area contributed by atoms with E-state index < -0.39 is 5.97 Å². The molecule has 0 atom stereocenters. The van der Waals surface area contributed by atoms with Crippen LogP contribution in [0.25, 0.3) is 11.0 Å². The van der Waals surface area contributed by atoms with Gasteiger partial charge in [-0.2, -0.15) is 0 Å². The number of ether oxygens (including phenoxy) is 2. The second kappa shape index (κ2) is 12.0. The summed E-state index contributed by atoms with van der Waals surface area (Å²) in [7, 11) is 1.31. The number of methoxy groups -OCH3 is 1. The van der Waals surface area contributed by atoms with Crippen molar-refractivity contribution in [2.24, 2.45) is 0 Å². The van der Waals surface area contributed by atoms with Crippen molar-refractivity contribution in [3.63, 3.8) is 0 Å². The highest BCUT2D eigenvalue weighted by Gasteiger charge is 2.23. The predicted molar refractivity (Wildman–Crippen MR) is 121 cm³/mol. The molecular formula is C22H35N5O4. The average molecular weight is 434 g/mol. The van der Waals surface area contributed by atoms with E-state index in [4.69, 9.17) is 10.5 Å². The Kier molecular flexibility index (Phi) is 10.1. The maximum atomic E-state index is 11.5. The Labute approximate surface area is 184 Å². The lowest BCUT2D eigenvalue weighted by molar-refractivity contribution is 0.0215. The van der Waals surface area contributed by atoms with Gasteiger partial charge in [-0.05, 0) is 53.0 Å². The monoisotopic (exact) mass is 433 g/mol. The molecule has 0 bridgehead atoms. The normalized spacial score (nSPS) is 13.3. The van der Waals surface area contributed by atoms with Crippen molar-refractivity contribution in [1.29, 1.82) is 0 Å². The standard InChI is InChI=1S/C10H10N4O2.C10H19NO2.C2H6/c1-5-3-6(10(15)16-2)7-8(14-5)9(11)13-4-12-7;1-10(2,3)13-9(12)11-7-5-4-6-8-11;1-2/h3-4H,1-2H3,(H2,11,12,13);4-8H2,1-3H3;1-2H3. The van der Waals surface area contributed by atoms with Crippen LogP contribution < -0.4 is 5.73 Å². The summed E-state index contributed by atoms with van der Waals surface area (Å²) in [6.45, 7) is 13.2. The minimum Gasteiger partial charge on any atom is -0.465 e. The maximum Gasteiger partial charge on any atom is 0.410 e. The minimum atomic E-state index is -0.464. The molecule has 1 fully saturated rings. The number of piperidine rings is 1. The highest BCUT2D eigenvalue weighted by Crippen LogP contribution is 2.20. The Bertz CT molecular complexity index is 874. The summed E-state index contributed by atoms with van der Waals surface area (Å²) >= 11 is 0. The number of fused-ring (bicyclic) bond motifs is 1. The molecule has 2 aromatic heterocycles. The number of amides is 1. The number of nitrogen functional groups attached to an aromatic ring is 1. The first kappa shape index (κ1) is 26.1. The molecule has 0 radical (unpaired) electrons. The second-order valence-electron chi connectivity index (χ2n) is 7.79. The topological polar surface area (TPSA) is 121 Å². The number of anilines is 1. The van der Waals surface area contributed by atoms with Crippen LogP contribution in [0, 0.1) is 6.92 Å². The second-order valence-corrected chi connectivity index (χ2v) is 7.79. The van der Waals surface area contributed by atoms with E-state index >= 15 is 0 Å². The van der Waals surface area contributed by atoms with Gasteiger partial charge in [0.2, 0.25) is 0 Å². The third-order valence-corrected chi connectivity index (χ3v) is 4.16. The van der Waals surface area contributed by atoms with Gasteiger partial charge in [0.25, 0.3) is 0 Å². The smallest absolute Gasteiger partial charge is 0.410 e. The van der Waals surface area contributed by atoms with Crippen LogP contribution in [0.1, 0.15) is 69.9 Å². The number of carbonyl (C=O) groups is 2. The minimum absolute atomic E-state index is 0.160. The van der Waals surface area contributed by atoms with Gasteiger partial charge in [-0.15, -0.1) is 0 Å². The van der Waals surface area contributed by atoms with Gasteiger partial charge in [0.05, 0.1) is 12.7 Å². The van der Waals surface area contributed by atoms with Gasteiger partial charge in [-0.1, -0.05) is 13.8 Å². The number of pyridine rings is 1. The SMILES string of the molecule is CC.CC(C)(C)OC(=O)N1CCCCC1.COC(=O)c1cc(C)nc2c(N)ncnc12. The third-order valence-electron chi connectivity index (χ3n) is 4.16. The van der Waals surface area contributed by atoms with Gasteiger partial charge in [0.1, 0.15) is 23.0 Å². The largest absolute Gasteiger partial charge is 0.465 e. The highest BCUT2D eigenvalue weighted by molar-refractivity contribution is 6.03. The van der Waals surface area contributed by atoms with Gasteiger partial charge >= 0.3 is 12.1 Å². The van der Waals surface area contributed by atoms with Gasteiger partial charge in [0, 0.05) is 18.8 Å². The number of aryl methyl sites for hydroxylation is 1. The number of likely N-dealkylation sites (tertiary alicyclic amines) is 1. The number of carbonyl (C=O) groups excluding carboxylic acids is 2. The molecule has 1 aliphatic rings. The molecule has 0 unspecified atom stereocenters. The zero-order chi connectivity index (χ0) is 23.6. The Balaban J connectivity index is 0.000000293. The van der Waals surface area contributed by atoms with Crippen molar-refractivity contribution >= 4 is 28.9 Å². The zero-order valence-electron chi connectivity index (χ0n) is 19.7. The molecular weight excluding hydrogens is 398 g/mol. The number of rotatable bonds is 1. The summed E-state index contributed by atoms with van der Waals surface area (Å²) in [6.07, 6.45) is 4.59. The fourth-order valence-electron chi connectivity index (χ4n) is 2.85. The van der Waals surface area contributed by atoms with E-state index in [-0.39, 0.29) is 17.5 Å². The Morgan fingerprint density at radius 2 is 1.68 bits per heavy atom. The zero-order valence-corrected chi connectivity index (χ0v) is 19.7. The Morgan fingerprint density at radius 3 is 2.23 bits per heavy atom. The van der Waals surface area contributed by atoms with Crippen LogP contribution in [-0.4, -0.2) is 57.7 Å². The molecule has 1 saturated heterocycles. The molecule has 3 heterocycles. The van der Waals surface area contributed by atoms with E-state index in [0.29, 0.717) is 22.3 Å². The number of esters is 1. The van der Waals surface area contributed by atoms with E-state index in [1.54, 1.807) is 17.9 Å². The first-order valence-electron chi connectivity index (χ1n) is 10.6. The molecule has 0 aromatic carbocycles. The van der Waals surface area contributed by atoms with Gasteiger partial charge in [-0.3, -0.25) is 0 Å². The highest BCUT2D eigenvalue weighted by atomic mass is 16.6. The van der Waals surface area contributed by atoms with Crippen LogP contribution in [0.15, 0.2) is 12.4 Å². The quantitative estimate of drug-likeness (QED) is 0.666. The molecule has 2 N–H and O–H groups in total. The molecule has 2 aromatic rings. The van der Waals surface area contributed by atoms with E-state index in [0.717, 1.165) is 25.9 Å². The molecule has 3 rings (SSSR count). The molecule has 9 heteroatoms. The molecule has 1 aliphatic heterocycles. The fourth-order valence-corrected chi connectivity index (χ4v) is 2.85. The van der Waals surface area contributed by atoms with Crippen molar-refractivity contribution in [2.75, 3.05) is 25.9 Å². The molecule has 31 heavy (non-hydrogen) atoms. The molecule has 0 spiro atoms. The number of hydrogen-bond donors (Lipinski definition) is 1. The maximum absolute atomic E-state index is 11.5. The third kappa shape index (κ3) is 7.99. The van der Waals surface area contributed by atoms with Gasteiger partial charge in [0.15, 0.2) is 5.82 Å². The average Bonchev–Trinajstić information content (AvgIpc) is 2.74. The van der Waals surface area contributed by atoms with Crippen LogP contribution in [0.4, 0.5) is 10.6 Å². The van der Waals surface area contributed by atoms with Crippen LogP contribution >= 0.6 is 0 Å². The molecule has 9 nitrogen and oxygen atoms in total. The number of nitrogens with two attached hydrogens (primary N) is 1. The summed E-state index contributed by atoms with van der Waals surface area (Å²) in [6, 6.07) is 1.61. The van der Waals surface area contributed by atoms with Crippen LogP contribution in [0.3, 0.4) is 0 Å². The number of nitrogens with zero attached hydrogens (tertiary/aromatic N) is 4. The van der Waals surface area contributed by atoms with E-state index in [2.05, 4.69) is 19.7 Å². The lowest BCUT2D eigenvalue weighted by Crippen LogP contribution is -2.39. The molecule has 172 valence electrons. The van der Waals surface area contributed by atoms with Crippen molar-refractivity contribution < 1.29 is 19.1 Å². The van der Waals surface area contributed by atoms with Crippen LogP contribution in [0.2, 0.25) is 0 Å². The van der Waals surface area contributed by atoms with E-state index in [9.17, 15) is 9.59 Å². The summed E-state index contributed by atoms with van der Waals surface area (Å²) in [5.41, 5.74) is 7.14. The van der Waals surface area contributed by atoms with Gasteiger partial charge < -0.3 is 20.1 Å². The summed E-state index contributed by atoms with van der Waals surface area (Å²) in [4.78, 5) is 36.9. The van der Waals surface area contributed by atoms with Crippen LogP contribution in [-0.2, 0) is 9.47 Å². The molecule has 1 amide bonds. The van der Waals surface area contributed by atoms with Gasteiger partial charge in [-0.25, -0.2) is 24.5 Å². The Hall–Kier alpha value is -2.97. The van der Waals surface area contributed by atoms with Crippen molar-refractivity contribution in [2.45, 2.75) is 66.4 Å². The van der Waals surface area contributed by atoms with E-state index in [1.807, 2.05) is 34.6 Å². The van der Waals surface area contributed by atoms with Crippen molar-refractivity contribution in [1.82, 2.24) is 19.9 Å². The molecule has 0 aliphatic carbocycles. The first-order valence-corrected chi connectivity index (χ1v) is 10.6. The number of aromatic nitrogens is 3. The fraction of sp³-hybridized carbons (Fsp3) is 0.591. The van der Waals surface area contributed by atoms with Crippen LogP contribution in [0.5, 0.6) is 0 Å². The summed E-state index contributed by atoms with van der Waals surface area (Å²) in [5.74, 6) is -0.215. The van der Waals surface area contributed by atoms with Crippen molar-refractivity contribution in [3.8, 4) is 0 Å². The lowest BCUT2D eigenvalue weighted by Gasteiger charge is -2.29. The van der Waals surface area contributed by atoms with E-state index in [1.165, 1.54) is 19.9 Å². The lowest BCUT2D eigenvalue weighted by atomic mass is 10.1. The summed E-state index contributed by atoms with van der Waals surface area (Å²) < 4.78 is 9.94. The summed E-state index contributed by atoms with van der Waals surface area (Å²) in [5, 5.41) is 0. The Morgan fingerprint density at radius 1 is 1.06 bits per heavy atom.